The van der Waals surface area contributed by atoms with Gasteiger partial charge in [-0.25, -0.2) is 26.4 Å². The molecule has 2 aromatic heterocycles. The second-order valence-corrected chi connectivity index (χ2v) is 19.8. The minimum atomic E-state index is -4.05. The summed E-state index contributed by atoms with van der Waals surface area (Å²) in [7, 11) is -0.526. The molecule has 0 saturated carbocycles. The first kappa shape index (κ1) is 51.2. The molecule has 6 aromatic rings. The number of hydrogen-bond donors (Lipinski definition) is 1. The summed E-state index contributed by atoms with van der Waals surface area (Å²) < 4.78 is 85.1. The average Bonchev–Trinajstić information content (AvgIpc) is 4.06. The van der Waals surface area contributed by atoms with Crippen LogP contribution in [-0.4, -0.2) is 97.6 Å². The lowest BCUT2D eigenvalue weighted by Crippen LogP contribution is -2.37. The van der Waals surface area contributed by atoms with E-state index in [9.17, 15) is 31.5 Å². The normalized spacial score (nSPS) is 12.0. The van der Waals surface area contributed by atoms with Crippen LogP contribution in [0, 0.1) is 0 Å². The molecule has 358 valence electrons. The van der Waals surface area contributed by atoms with E-state index in [4.69, 9.17) is 23.7 Å². The van der Waals surface area contributed by atoms with Crippen LogP contribution in [-0.2, 0) is 71.6 Å². The maximum absolute atomic E-state index is 13.7. The van der Waals surface area contributed by atoms with Gasteiger partial charge in [-0.15, -0.1) is 0 Å². The molecule has 0 aliphatic rings. The van der Waals surface area contributed by atoms with Crippen LogP contribution in [0.1, 0.15) is 49.9 Å². The van der Waals surface area contributed by atoms with Gasteiger partial charge in [0.05, 0.1) is 35.5 Å². The number of hydrogen-bond acceptors (Lipinski definition) is 13. The van der Waals surface area contributed by atoms with Crippen LogP contribution in [0.25, 0.3) is 0 Å². The number of carbonyl (C=O) groups is 2. The molecule has 0 aliphatic carbocycles. The van der Waals surface area contributed by atoms with Gasteiger partial charge in [0.1, 0.15) is 23.0 Å². The molecule has 0 spiro atoms. The molecule has 1 N–H and O–H groups in total. The van der Waals surface area contributed by atoms with Gasteiger partial charge in [0, 0.05) is 38.6 Å². The zero-order valence-corrected chi connectivity index (χ0v) is 40.4. The third kappa shape index (κ3) is 12.4. The number of carboxylic acid groups (broad SMARTS) is 1. The van der Waals surface area contributed by atoms with Crippen molar-refractivity contribution in [3.8, 4) is 23.0 Å². The van der Waals surface area contributed by atoms with E-state index in [1.54, 1.807) is 115 Å². The van der Waals surface area contributed by atoms with Crippen molar-refractivity contribution in [1.29, 1.82) is 0 Å². The predicted molar refractivity (Wildman–Crippen MR) is 248 cm³/mol. The summed E-state index contributed by atoms with van der Waals surface area (Å²) in [5.41, 5.74) is 0.528. The second-order valence-electron chi connectivity index (χ2n) is 16.1. The SMILES string of the molecule is COC(=O)C(C)(C)n1ccc(S(=O)(=O)N(Cc2ccc(OC)cc2)Cc2ccc(OC)cc2)n1.COc1ccc(CN(Cc2ccc(OC)cc2)S(=O)(=O)c2ccn(C(C)(C)C(=O)O)n2)cc1. The number of esters is 1. The molecule has 0 unspecified atom stereocenters. The van der Waals surface area contributed by atoms with Gasteiger partial charge in [-0.3, -0.25) is 9.36 Å². The van der Waals surface area contributed by atoms with E-state index in [-0.39, 0.29) is 36.2 Å². The molecule has 4 aromatic carbocycles. The number of nitrogens with zero attached hydrogens (tertiary/aromatic N) is 6. The summed E-state index contributed by atoms with van der Waals surface area (Å²) in [6, 6.07) is 31.3. The van der Waals surface area contributed by atoms with E-state index in [0.717, 1.165) is 26.9 Å². The molecule has 0 atom stereocenters. The number of sulfonamides is 2. The lowest BCUT2D eigenvalue weighted by molar-refractivity contribution is -0.150. The lowest BCUT2D eigenvalue weighted by atomic mass is 10.1. The Kier molecular flexibility index (Phi) is 16.6. The maximum atomic E-state index is 13.7. The van der Waals surface area contributed by atoms with Gasteiger partial charge in [-0.2, -0.15) is 18.8 Å². The number of benzene rings is 4. The third-order valence-corrected chi connectivity index (χ3v) is 14.1. The van der Waals surface area contributed by atoms with E-state index in [1.165, 1.54) is 58.8 Å². The number of aromatic nitrogens is 4. The standard InChI is InChI=1S/C24H29N3O6S.C23H27N3O6S/c1-24(2,23(28)33-5)27-15-14-22(25-27)34(29,30)26(16-18-6-10-20(31-3)11-7-18)17-19-8-12-21(32-4)13-9-19;1-23(2,22(27)28)26-14-13-21(24-26)33(29,30)25(15-17-5-9-19(31-3)10-6-17)16-18-7-11-20(32-4)12-8-18/h6-15H,16-17H2,1-5H3;5-14H,15-16H2,1-4H3,(H,27,28). The Labute approximate surface area is 391 Å². The Hall–Kier alpha value is -6.74. The van der Waals surface area contributed by atoms with Crippen LogP contribution >= 0.6 is 0 Å². The van der Waals surface area contributed by atoms with Crippen LogP contribution in [0.15, 0.2) is 132 Å². The molecular formula is C47H56N6O12S2. The molecular weight excluding hydrogens is 905 g/mol. The maximum Gasteiger partial charge on any atom is 0.333 e. The Morgan fingerprint density at radius 1 is 0.493 bits per heavy atom. The first-order valence-electron chi connectivity index (χ1n) is 20.7. The molecule has 18 nitrogen and oxygen atoms in total. The zero-order chi connectivity index (χ0) is 49.2. The van der Waals surface area contributed by atoms with Gasteiger partial charge >= 0.3 is 11.9 Å². The van der Waals surface area contributed by atoms with Crippen molar-refractivity contribution in [3.63, 3.8) is 0 Å². The molecule has 67 heavy (non-hydrogen) atoms. The number of rotatable bonds is 20. The highest BCUT2D eigenvalue weighted by atomic mass is 32.2. The monoisotopic (exact) mass is 960 g/mol. The Bertz CT molecular complexity index is 2710. The molecule has 2 heterocycles. The quantitative estimate of drug-likeness (QED) is 0.0832. The molecule has 0 radical (unpaired) electrons. The fraction of sp³-hybridized carbons (Fsp3) is 0.319. The van der Waals surface area contributed by atoms with Gasteiger partial charge in [0.15, 0.2) is 21.1 Å². The molecule has 0 aliphatic heterocycles. The van der Waals surface area contributed by atoms with Crippen molar-refractivity contribution in [3.05, 3.63) is 144 Å². The van der Waals surface area contributed by atoms with Crippen molar-refractivity contribution in [2.45, 2.75) is 75.0 Å². The Balaban J connectivity index is 0.000000251. The van der Waals surface area contributed by atoms with Crippen LogP contribution in [0.2, 0.25) is 0 Å². The first-order chi connectivity index (χ1) is 31.7. The number of aliphatic carboxylic acids is 1. The topological polar surface area (TPSA) is 211 Å². The third-order valence-electron chi connectivity index (χ3n) is 10.8. The summed E-state index contributed by atoms with van der Waals surface area (Å²) in [4.78, 5) is 23.7. The van der Waals surface area contributed by atoms with Crippen molar-refractivity contribution in [2.24, 2.45) is 0 Å². The van der Waals surface area contributed by atoms with Crippen LogP contribution in [0.4, 0.5) is 0 Å². The van der Waals surface area contributed by atoms with Gasteiger partial charge in [0.25, 0.3) is 20.0 Å². The molecule has 20 heteroatoms. The Morgan fingerprint density at radius 2 is 0.761 bits per heavy atom. The van der Waals surface area contributed by atoms with E-state index in [2.05, 4.69) is 10.2 Å². The van der Waals surface area contributed by atoms with Crippen molar-refractivity contribution >= 4 is 32.0 Å². The van der Waals surface area contributed by atoms with Crippen LogP contribution < -0.4 is 18.9 Å². The predicted octanol–water partition coefficient (Wildman–Crippen LogP) is 6.31. The molecule has 0 saturated heterocycles. The van der Waals surface area contributed by atoms with Gasteiger partial charge in [-0.05, 0) is 111 Å². The highest BCUT2D eigenvalue weighted by Gasteiger charge is 2.36. The fourth-order valence-corrected chi connectivity index (χ4v) is 9.06. The van der Waals surface area contributed by atoms with E-state index in [1.807, 2.05) is 24.3 Å². The van der Waals surface area contributed by atoms with E-state index in [0.29, 0.717) is 23.0 Å². The molecule has 0 bridgehead atoms. The minimum Gasteiger partial charge on any atom is -0.497 e. The van der Waals surface area contributed by atoms with E-state index >= 15 is 0 Å². The summed E-state index contributed by atoms with van der Waals surface area (Å²) in [6.07, 6.45) is 2.82. The van der Waals surface area contributed by atoms with Crippen molar-refractivity contribution in [2.75, 3.05) is 35.5 Å². The smallest absolute Gasteiger partial charge is 0.333 e. The molecule has 6 rings (SSSR count). The summed E-state index contributed by atoms with van der Waals surface area (Å²) in [6.45, 7) is 6.53. The Morgan fingerprint density at radius 3 is 1.00 bits per heavy atom. The second kappa shape index (κ2) is 21.7. The van der Waals surface area contributed by atoms with Gasteiger partial charge < -0.3 is 28.8 Å². The first-order valence-corrected chi connectivity index (χ1v) is 23.5. The number of carboxylic acids is 1. The minimum absolute atomic E-state index is 0.0908. The average molecular weight is 961 g/mol. The number of carbonyl (C=O) groups excluding carboxylic acids is 1. The molecule has 0 amide bonds. The van der Waals surface area contributed by atoms with Crippen molar-refractivity contribution in [1.82, 2.24) is 28.2 Å². The zero-order valence-electron chi connectivity index (χ0n) is 38.8. The number of methoxy groups -OCH3 is 5. The van der Waals surface area contributed by atoms with Gasteiger partial charge in [0.2, 0.25) is 0 Å². The highest BCUT2D eigenvalue weighted by molar-refractivity contribution is 7.89. The number of ether oxygens (including phenoxy) is 5. The van der Waals surface area contributed by atoms with Crippen LogP contribution in [0.5, 0.6) is 23.0 Å². The molecule has 0 fully saturated rings. The van der Waals surface area contributed by atoms with Crippen LogP contribution in [0.3, 0.4) is 0 Å². The lowest BCUT2D eigenvalue weighted by Gasteiger charge is -2.23. The summed E-state index contributed by atoms with van der Waals surface area (Å²) in [5.74, 6) is 1.03. The largest absolute Gasteiger partial charge is 0.497 e. The van der Waals surface area contributed by atoms with E-state index < -0.39 is 43.1 Å². The summed E-state index contributed by atoms with van der Waals surface area (Å²) in [5, 5.41) is 17.4. The highest BCUT2D eigenvalue weighted by Crippen LogP contribution is 2.27. The van der Waals surface area contributed by atoms with Gasteiger partial charge in [-0.1, -0.05) is 48.5 Å². The summed E-state index contributed by atoms with van der Waals surface area (Å²) >= 11 is 0. The fourth-order valence-electron chi connectivity index (χ4n) is 6.41. The van der Waals surface area contributed by atoms with Crippen molar-refractivity contribution < 1.29 is 55.2 Å².